The van der Waals surface area contributed by atoms with Crippen molar-refractivity contribution >= 4 is 47.4 Å². The average Bonchev–Trinajstić information content (AvgIpc) is 3.33. The molecule has 2 aromatic carbocycles. The largest absolute Gasteiger partial charge is 0.388 e. The third-order valence-corrected chi connectivity index (χ3v) is 8.56. The Morgan fingerprint density at radius 2 is 1.64 bits per heavy atom. The lowest BCUT2D eigenvalue weighted by Crippen LogP contribution is -2.47. The number of aliphatic hydroxyl groups is 1. The molecule has 0 aliphatic carbocycles. The zero-order chi connectivity index (χ0) is 29.4. The van der Waals surface area contributed by atoms with Crippen LogP contribution < -0.4 is 11.3 Å². The molecule has 4 heterocycles. The number of halogens is 3. The predicted molar refractivity (Wildman–Crippen MR) is 179 cm³/mol. The van der Waals surface area contributed by atoms with E-state index in [-0.39, 0.29) is 36.9 Å². The Labute approximate surface area is 273 Å². The summed E-state index contributed by atoms with van der Waals surface area (Å²) in [6, 6.07) is 18.0. The molecule has 12 heteroatoms. The normalized spacial score (nSPS) is 14.7. The lowest BCUT2D eigenvalue weighted by Gasteiger charge is -2.38. The fourth-order valence-electron chi connectivity index (χ4n) is 5.75. The van der Waals surface area contributed by atoms with E-state index in [9.17, 15) is 9.90 Å². The maximum Gasteiger partial charge on any atom is 0.281 e. The van der Waals surface area contributed by atoms with Gasteiger partial charge < -0.3 is 10.8 Å². The van der Waals surface area contributed by atoms with Gasteiger partial charge in [0.05, 0.1) is 24.2 Å². The van der Waals surface area contributed by atoms with Crippen LogP contribution in [0.25, 0.3) is 33.4 Å². The molecule has 232 valence electrons. The number of fused-ring (bicyclic) bond motifs is 1. The number of hydrogen-bond acceptors (Lipinski definition) is 7. The first-order valence-electron chi connectivity index (χ1n) is 14.1. The molecule has 0 bridgehead atoms. The van der Waals surface area contributed by atoms with Gasteiger partial charge in [-0.05, 0) is 60.2 Å². The summed E-state index contributed by atoms with van der Waals surface area (Å²) in [5, 5.41) is 16.7. The van der Waals surface area contributed by atoms with Crippen LogP contribution in [0, 0.1) is 6.92 Å². The van der Waals surface area contributed by atoms with Crippen LogP contribution in [0.4, 0.5) is 0 Å². The fraction of sp³-hybridized carbons (Fsp3) is 0.312. The Balaban J connectivity index is 0.00000221. The number of rotatable bonds is 7. The van der Waals surface area contributed by atoms with Crippen molar-refractivity contribution in [3.05, 3.63) is 99.3 Å². The Kier molecular flexibility index (Phi) is 10.5. The van der Waals surface area contributed by atoms with Crippen molar-refractivity contribution in [1.82, 2.24) is 29.2 Å². The molecule has 1 saturated heterocycles. The van der Waals surface area contributed by atoms with E-state index in [1.54, 1.807) is 17.9 Å². The van der Waals surface area contributed by atoms with E-state index >= 15 is 0 Å². The van der Waals surface area contributed by atoms with Crippen LogP contribution in [0.1, 0.15) is 29.7 Å². The third-order valence-electron chi connectivity index (χ3n) is 8.20. The summed E-state index contributed by atoms with van der Waals surface area (Å²) in [6.07, 6.45) is 4.40. The molecule has 9 nitrogen and oxygen atoms in total. The van der Waals surface area contributed by atoms with Crippen molar-refractivity contribution in [2.24, 2.45) is 12.8 Å². The minimum absolute atomic E-state index is 0. The molecule has 1 aliphatic rings. The van der Waals surface area contributed by atoms with Gasteiger partial charge >= 0.3 is 0 Å². The number of hydrogen-bond donors (Lipinski definition) is 2. The highest BCUT2D eigenvalue weighted by molar-refractivity contribution is 6.31. The van der Waals surface area contributed by atoms with E-state index < -0.39 is 5.60 Å². The molecule has 3 N–H and O–H groups in total. The summed E-state index contributed by atoms with van der Waals surface area (Å²) < 4.78 is 3.17. The van der Waals surface area contributed by atoms with Crippen molar-refractivity contribution in [2.45, 2.75) is 45.0 Å². The Bertz CT molecular complexity index is 1810. The monoisotopic (exact) mass is 655 g/mol. The molecule has 0 saturated carbocycles. The van der Waals surface area contributed by atoms with Gasteiger partial charge in [-0.2, -0.15) is 5.10 Å². The molecule has 0 unspecified atom stereocenters. The zero-order valence-corrected chi connectivity index (χ0v) is 27.0. The molecular formula is C32H36Cl3N7O2. The molecule has 1 aliphatic heterocycles. The molecular weight excluding hydrogens is 621 g/mol. The van der Waals surface area contributed by atoms with Gasteiger partial charge in [-0.1, -0.05) is 48.0 Å². The number of nitrogens with zero attached hydrogens (tertiary/aromatic N) is 6. The molecule has 44 heavy (non-hydrogen) atoms. The van der Waals surface area contributed by atoms with Crippen molar-refractivity contribution in [3.63, 3.8) is 0 Å². The summed E-state index contributed by atoms with van der Waals surface area (Å²) in [6.45, 7) is 4.68. The van der Waals surface area contributed by atoms with Crippen molar-refractivity contribution < 1.29 is 5.11 Å². The third kappa shape index (κ3) is 6.83. The van der Waals surface area contributed by atoms with E-state index in [0.29, 0.717) is 50.1 Å². The van der Waals surface area contributed by atoms with Gasteiger partial charge in [0.15, 0.2) is 5.52 Å². The number of pyridine rings is 1. The van der Waals surface area contributed by atoms with Crippen LogP contribution in [0.15, 0.2) is 71.9 Å². The van der Waals surface area contributed by atoms with E-state index in [2.05, 4.69) is 32.1 Å². The second kappa shape index (κ2) is 13.8. The number of aryl methyl sites for hydroxylation is 2. The fourth-order valence-corrected chi connectivity index (χ4v) is 5.99. The van der Waals surface area contributed by atoms with Crippen LogP contribution in [0.3, 0.4) is 0 Å². The van der Waals surface area contributed by atoms with Crippen LogP contribution >= 0.6 is 36.4 Å². The molecule has 0 spiro atoms. The molecule has 0 atom stereocenters. The Morgan fingerprint density at radius 3 is 2.30 bits per heavy atom. The maximum absolute atomic E-state index is 13.4. The molecule has 0 radical (unpaired) electrons. The summed E-state index contributed by atoms with van der Waals surface area (Å²) in [4.78, 5) is 24.6. The van der Waals surface area contributed by atoms with E-state index in [4.69, 9.17) is 17.3 Å². The van der Waals surface area contributed by atoms with Gasteiger partial charge in [-0.3, -0.25) is 23.9 Å². The maximum atomic E-state index is 13.4. The minimum atomic E-state index is -1.02. The molecule has 3 aromatic heterocycles. The number of likely N-dealkylation sites (tertiary alicyclic amines) is 1. The first-order chi connectivity index (χ1) is 20.2. The van der Waals surface area contributed by atoms with E-state index in [1.807, 2.05) is 49.4 Å². The SMILES string of the molecule is Cc1cc(-c2ccc(CN3CCC(O)(Cn4cnc5c(-c6ccc(CN)cc6)n(C)nc5c4=O)CC3)c(Cl)c2)ccn1.Cl.Cl. The average molecular weight is 657 g/mol. The van der Waals surface area contributed by atoms with Gasteiger partial charge in [0.25, 0.3) is 5.56 Å². The van der Waals surface area contributed by atoms with Crippen molar-refractivity contribution in [1.29, 1.82) is 0 Å². The van der Waals surface area contributed by atoms with Gasteiger partial charge in [0.1, 0.15) is 5.52 Å². The van der Waals surface area contributed by atoms with Gasteiger partial charge in [-0.25, -0.2) is 4.98 Å². The topological polar surface area (TPSA) is 115 Å². The van der Waals surface area contributed by atoms with Crippen molar-refractivity contribution in [2.75, 3.05) is 13.1 Å². The summed E-state index contributed by atoms with van der Waals surface area (Å²) in [7, 11) is 1.81. The highest BCUT2D eigenvalue weighted by Crippen LogP contribution is 2.30. The number of benzene rings is 2. The van der Waals surface area contributed by atoms with Crippen LogP contribution in [0.2, 0.25) is 5.02 Å². The quantitative estimate of drug-likeness (QED) is 0.249. The number of nitrogens with two attached hydrogens (primary N) is 1. The highest BCUT2D eigenvalue weighted by Gasteiger charge is 2.33. The van der Waals surface area contributed by atoms with Crippen LogP contribution in [-0.2, 0) is 26.7 Å². The lowest BCUT2D eigenvalue weighted by atomic mass is 9.91. The lowest BCUT2D eigenvalue weighted by molar-refractivity contribution is -0.0364. The van der Waals surface area contributed by atoms with Gasteiger partial charge in [0, 0.05) is 55.7 Å². The summed E-state index contributed by atoms with van der Waals surface area (Å²) in [5.74, 6) is 0. The molecule has 0 amide bonds. The zero-order valence-electron chi connectivity index (χ0n) is 24.6. The standard InChI is InChI=1S/C32H34ClN7O2.2ClH/c1-21-15-25(9-12-35-21)24-7-8-26(27(33)16-24)18-39-13-10-32(42,11-14-39)19-40-20-36-28-29(31(40)41)37-38(2)30(28)23-5-3-22(17-34)4-6-23;;/h3-9,12,15-16,20,42H,10-11,13-14,17-19,34H2,1-2H3;2*1H. The van der Waals surface area contributed by atoms with E-state index in [0.717, 1.165) is 44.2 Å². The highest BCUT2D eigenvalue weighted by atomic mass is 35.5. The Morgan fingerprint density at radius 1 is 0.955 bits per heavy atom. The number of piperidine rings is 1. The smallest absolute Gasteiger partial charge is 0.281 e. The van der Waals surface area contributed by atoms with Crippen molar-refractivity contribution in [3.8, 4) is 22.4 Å². The summed E-state index contributed by atoms with van der Waals surface area (Å²) in [5.41, 5.74) is 12.2. The summed E-state index contributed by atoms with van der Waals surface area (Å²) >= 11 is 6.68. The van der Waals surface area contributed by atoms with Gasteiger partial charge in [-0.15, -0.1) is 24.8 Å². The van der Waals surface area contributed by atoms with Crippen LogP contribution in [0.5, 0.6) is 0 Å². The first-order valence-corrected chi connectivity index (χ1v) is 14.5. The first kappa shape index (κ1) is 33.6. The van der Waals surface area contributed by atoms with Crippen LogP contribution in [-0.4, -0.2) is 53.0 Å². The number of aromatic nitrogens is 5. The Hall–Kier alpha value is -3.31. The predicted octanol–water partition coefficient (Wildman–Crippen LogP) is 5.15. The molecule has 6 rings (SSSR count). The molecule has 1 fully saturated rings. The second-order valence-electron chi connectivity index (χ2n) is 11.2. The van der Waals surface area contributed by atoms with Gasteiger partial charge in [0.2, 0.25) is 0 Å². The second-order valence-corrected chi connectivity index (χ2v) is 11.6. The molecule has 5 aromatic rings. The minimum Gasteiger partial charge on any atom is -0.388 e. The van der Waals surface area contributed by atoms with E-state index in [1.165, 1.54) is 10.9 Å².